The van der Waals surface area contributed by atoms with Crippen LogP contribution in [0.2, 0.25) is 0 Å². The molecular formula is C5H11NOS. The van der Waals surface area contributed by atoms with Gasteiger partial charge in [-0.05, 0) is 13.8 Å². The van der Waals surface area contributed by atoms with Crippen molar-refractivity contribution in [1.82, 2.24) is 0 Å². The Labute approximate surface area is 56.2 Å². The third-order valence-corrected chi connectivity index (χ3v) is 0.822. The van der Waals surface area contributed by atoms with Gasteiger partial charge in [0.05, 0.1) is 0 Å². The fourth-order valence-corrected chi connectivity index (χ4v) is 0.142. The van der Waals surface area contributed by atoms with Crippen LogP contribution in [0.4, 0.5) is 0 Å². The first-order chi connectivity index (χ1) is 3.18. The number of primary amides is 1. The molecule has 0 aromatic heterocycles. The summed E-state index contributed by atoms with van der Waals surface area (Å²) >= 11 is 0. The number of nitrogens with two attached hydrogens (primary N) is 1. The summed E-state index contributed by atoms with van der Waals surface area (Å²) in [6.07, 6.45) is 1.68. The summed E-state index contributed by atoms with van der Waals surface area (Å²) in [6, 6.07) is 0. The molecule has 0 aromatic rings. The van der Waals surface area contributed by atoms with Crippen molar-refractivity contribution in [2.45, 2.75) is 13.8 Å². The number of carbonyl (C=O) groups excluding carboxylic acids is 1. The van der Waals surface area contributed by atoms with Crippen molar-refractivity contribution in [2.75, 3.05) is 0 Å². The Morgan fingerprint density at radius 2 is 2.00 bits per heavy atom. The molecule has 0 atom stereocenters. The second-order valence-corrected chi connectivity index (χ2v) is 1.34. The second kappa shape index (κ2) is 4.71. The minimum atomic E-state index is -0.345. The van der Waals surface area contributed by atoms with Gasteiger partial charge in [0.1, 0.15) is 0 Å². The first-order valence-electron chi connectivity index (χ1n) is 2.11. The maximum absolute atomic E-state index is 10.1. The number of hydrogen-bond acceptors (Lipinski definition) is 1. The molecule has 0 bridgehead atoms. The Morgan fingerprint density at radius 3 is 2.00 bits per heavy atom. The lowest BCUT2D eigenvalue weighted by Gasteiger charge is -1.85. The topological polar surface area (TPSA) is 43.1 Å². The summed E-state index contributed by atoms with van der Waals surface area (Å²) < 4.78 is 0. The highest BCUT2D eigenvalue weighted by molar-refractivity contribution is 7.59. The monoisotopic (exact) mass is 133 g/mol. The van der Waals surface area contributed by atoms with Crippen LogP contribution in [0.15, 0.2) is 11.6 Å². The summed E-state index contributed by atoms with van der Waals surface area (Å²) in [7, 11) is 0. The number of rotatable bonds is 1. The average Bonchev–Trinajstić information content (AvgIpc) is 1.65. The van der Waals surface area contributed by atoms with E-state index in [-0.39, 0.29) is 19.4 Å². The lowest BCUT2D eigenvalue weighted by molar-refractivity contribution is -0.114. The van der Waals surface area contributed by atoms with Crippen molar-refractivity contribution in [3.8, 4) is 0 Å². The lowest BCUT2D eigenvalue weighted by atomic mass is 10.3. The van der Waals surface area contributed by atoms with E-state index in [1.165, 1.54) is 0 Å². The predicted octanol–water partition coefficient (Wildman–Crippen LogP) is 0.551. The van der Waals surface area contributed by atoms with Crippen LogP contribution in [-0.2, 0) is 4.79 Å². The average molecular weight is 133 g/mol. The first kappa shape index (κ1) is 10.5. The SMILES string of the molecule is CC=C(C)C(N)=O.S. The van der Waals surface area contributed by atoms with E-state index in [0.717, 1.165) is 0 Å². The van der Waals surface area contributed by atoms with Crippen LogP contribution in [0, 0.1) is 0 Å². The van der Waals surface area contributed by atoms with Gasteiger partial charge in [0, 0.05) is 5.57 Å². The lowest BCUT2D eigenvalue weighted by Crippen LogP contribution is -2.10. The van der Waals surface area contributed by atoms with Crippen molar-refractivity contribution in [3.63, 3.8) is 0 Å². The van der Waals surface area contributed by atoms with E-state index in [4.69, 9.17) is 5.73 Å². The third-order valence-electron chi connectivity index (χ3n) is 0.822. The van der Waals surface area contributed by atoms with Gasteiger partial charge in [0.2, 0.25) is 5.91 Å². The summed E-state index contributed by atoms with van der Waals surface area (Å²) in [5.41, 5.74) is 5.45. The quantitative estimate of drug-likeness (QED) is 0.521. The van der Waals surface area contributed by atoms with Gasteiger partial charge >= 0.3 is 0 Å². The Morgan fingerprint density at radius 1 is 1.62 bits per heavy atom. The molecule has 0 unspecified atom stereocenters. The normalized spacial score (nSPS) is 10.0. The standard InChI is InChI=1S/C5H9NO.H2S/c1-3-4(2)5(6)7;/h3H,1-2H3,(H2,6,7);1H2. The van der Waals surface area contributed by atoms with Crippen LogP contribution in [0.25, 0.3) is 0 Å². The van der Waals surface area contributed by atoms with Gasteiger partial charge in [-0.1, -0.05) is 6.08 Å². The van der Waals surface area contributed by atoms with Gasteiger partial charge in [-0.25, -0.2) is 0 Å². The molecule has 0 fully saturated rings. The molecule has 0 aliphatic heterocycles. The first-order valence-corrected chi connectivity index (χ1v) is 2.11. The third kappa shape index (κ3) is 3.74. The summed E-state index contributed by atoms with van der Waals surface area (Å²) in [6.45, 7) is 3.46. The van der Waals surface area contributed by atoms with Gasteiger partial charge in [0.25, 0.3) is 0 Å². The van der Waals surface area contributed by atoms with Crippen molar-refractivity contribution < 1.29 is 4.79 Å². The minimum Gasteiger partial charge on any atom is -0.366 e. The van der Waals surface area contributed by atoms with E-state index in [9.17, 15) is 4.79 Å². The highest BCUT2D eigenvalue weighted by atomic mass is 32.1. The molecule has 0 radical (unpaired) electrons. The molecule has 1 amide bonds. The van der Waals surface area contributed by atoms with E-state index >= 15 is 0 Å². The number of hydrogen-bond donors (Lipinski definition) is 1. The summed E-state index contributed by atoms with van der Waals surface area (Å²) in [4.78, 5) is 10.1. The Hall–Kier alpha value is -0.440. The Kier molecular flexibility index (Phi) is 6.20. The summed E-state index contributed by atoms with van der Waals surface area (Å²) in [5, 5.41) is 0. The second-order valence-electron chi connectivity index (χ2n) is 1.34. The number of allylic oxidation sites excluding steroid dienone is 1. The van der Waals surface area contributed by atoms with Crippen LogP contribution >= 0.6 is 13.5 Å². The summed E-state index contributed by atoms with van der Waals surface area (Å²) in [5.74, 6) is -0.345. The molecule has 2 nitrogen and oxygen atoms in total. The van der Waals surface area contributed by atoms with Crippen molar-refractivity contribution in [1.29, 1.82) is 0 Å². The molecule has 3 heteroatoms. The maximum atomic E-state index is 10.1. The highest BCUT2D eigenvalue weighted by Gasteiger charge is 1.90. The van der Waals surface area contributed by atoms with Crippen LogP contribution in [0.5, 0.6) is 0 Å². The van der Waals surface area contributed by atoms with Crippen LogP contribution in [0.1, 0.15) is 13.8 Å². The van der Waals surface area contributed by atoms with Gasteiger partial charge < -0.3 is 5.73 Å². The molecular weight excluding hydrogens is 122 g/mol. The highest BCUT2D eigenvalue weighted by Crippen LogP contribution is 1.85. The van der Waals surface area contributed by atoms with Crippen molar-refractivity contribution >= 4 is 19.4 Å². The number of carbonyl (C=O) groups is 1. The smallest absolute Gasteiger partial charge is 0.243 e. The van der Waals surface area contributed by atoms with Crippen LogP contribution < -0.4 is 5.73 Å². The molecule has 48 valence electrons. The Balaban J connectivity index is 0. The molecule has 0 aliphatic rings. The van der Waals surface area contributed by atoms with E-state index in [2.05, 4.69) is 0 Å². The maximum Gasteiger partial charge on any atom is 0.243 e. The van der Waals surface area contributed by atoms with E-state index in [0.29, 0.717) is 5.57 Å². The molecule has 2 N–H and O–H groups in total. The minimum absolute atomic E-state index is 0. The molecule has 0 saturated carbocycles. The van der Waals surface area contributed by atoms with E-state index < -0.39 is 0 Å². The zero-order valence-corrected chi connectivity index (χ0v) is 6.06. The Bertz CT molecular complexity index is 109. The zero-order chi connectivity index (χ0) is 5.86. The largest absolute Gasteiger partial charge is 0.366 e. The molecule has 0 rings (SSSR count). The van der Waals surface area contributed by atoms with Crippen LogP contribution in [0.3, 0.4) is 0 Å². The predicted molar refractivity (Wildman–Crippen MR) is 39.0 cm³/mol. The number of amides is 1. The van der Waals surface area contributed by atoms with Crippen molar-refractivity contribution in [3.05, 3.63) is 11.6 Å². The molecule has 0 spiro atoms. The fraction of sp³-hybridized carbons (Fsp3) is 0.400. The van der Waals surface area contributed by atoms with E-state index in [1.807, 2.05) is 0 Å². The van der Waals surface area contributed by atoms with Crippen molar-refractivity contribution in [2.24, 2.45) is 5.73 Å². The van der Waals surface area contributed by atoms with Gasteiger partial charge in [0.15, 0.2) is 0 Å². The van der Waals surface area contributed by atoms with Gasteiger partial charge in [-0.15, -0.1) is 0 Å². The fourth-order valence-electron chi connectivity index (χ4n) is 0.142. The molecule has 8 heavy (non-hydrogen) atoms. The van der Waals surface area contributed by atoms with Crippen LogP contribution in [-0.4, -0.2) is 5.91 Å². The molecule has 0 aliphatic carbocycles. The zero-order valence-electron chi connectivity index (χ0n) is 5.06. The molecule has 0 heterocycles. The van der Waals surface area contributed by atoms with E-state index in [1.54, 1.807) is 19.9 Å². The van der Waals surface area contributed by atoms with Gasteiger partial charge in [-0.2, -0.15) is 13.5 Å². The molecule has 0 aromatic carbocycles. The molecule has 0 saturated heterocycles. The van der Waals surface area contributed by atoms with Gasteiger partial charge in [-0.3, -0.25) is 4.79 Å².